The van der Waals surface area contributed by atoms with Crippen molar-refractivity contribution in [3.63, 3.8) is 0 Å². The first kappa shape index (κ1) is 9.77. The maximum Gasteiger partial charge on any atom is 0.149 e. The van der Waals surface area contributed by atoms with Crippen molar-refractivity contribution in [1.29, 1.82) is 0 Å². The average molecular weight is 202 g/mol. The first-order chi connectivity index (χ1) is 7.18. The summed E-state index contributed by atoms with van der Waals surface area (Å²) in [5.74, 6) is 0.169. The number of likely N-dealkylation sites (N-methyl/N-ethyl adjacent to an activating group) is 1. The highest BCUT2D eigenvalue weighted by Gasteiger charge is 2.08. The van der Waals surface area contributed by atoms with Gasteiger partial charge in [0.25, 0.3) is 0 Å². The number of H-pyrrole nitrogens is 1. The van der Waals surface area contributed by atoms with Crippen molar-refractivity contribution in [2.75, 3.05) is 18.5 Å². The number of ketones is 1. The van der Waals surface area contributed by atoms with Crippen molar-refractivity contribution in [2.24, 2.45) is 0 Å². The summed E-state index contributed by atoms with van der Waals surface area (Å²) >= 11 is 0. The maximum atomic E-state index is 11.0. The molecule has 2 rings (SSSR count). The first-order valence-electron chi connectivity index (χ1n) is 4.95. The molecule has 0 saturated carbocycles. The summed E-state index contributed by atoms with van der Waals surface area (Å²) in [6.45, 7) is 2.05. The number of carbonyl (C=O) groups is 1. The van der Waals surface area contributed by atoms with Crippen molar-refractivity contribution >= 4 is 22.4 Å². The van der Waals surface area contributed by atoms with Gasteiger partial charge in [-0.1, -0.05) is 18.2 Å². The fourth-order valence-corrected chi connectivity index (χ4v) is 1.79. The minimum Gasteiger partial charge on any atom is -0.366 e. The minimum atomic E-state index is 0.169. The Balaban J connectivity index is 2.39. The lowest BCUT2D eigenvalue weighted by atomic mass is 10.2. The van der Waals surface area contributed by atoms with Crippen LogP contribution < -0.4 is 4.90 Å². The van der Waals surface area contributed by atoms with Crippen molar-refractivity contribution in [3.8, 4) is 0 Å². The van der Waals surface area contributed by atoms with Crippen LogP contribution in [0.4, 0.5) is 5.69 Å². The van der Waals surface area contributed by atoms with Crippen LogP contribution in [0.1, 0.15) is 6.92 Å². The molecule has 0 aliphatic rings. The number of hydrogen-bond donors (Lipinski definition) is 1. The molecule has 0 unspecified atom stereocenters. The molecule has 3 heteroatoms. The van der Waals surface area contributed by atoms with E-state index in [4.69, 9.17) is 0 Å². The van der Waals surface area contributed by atoms with Crippen LogP contribution in [-0.4, -0.2) is 24.4 Å². The molecule has 0 amide bonds. The van der Waals surface area contributed by atoms with E-state index in [0.717, 1.165) is 16.6 Å². The van der Waals surface area contributed by atoms with Gasteiger partial charge in [-0.05, 0) is 13.0 Å². The lowest BCUT2D eigenvalue weighted by molar-refractivity contribution is -0.115. The van der Waals surface area contributed by atoms with E-state index in [2.05, 4.69) is 11.1 Å². The van der Waals surface area contributed by atoms with Crippen LogP contribution in [0.25, 0.3) is 10.9 Å². The SMILES string of the molecule is CC(=O)CN(C)c1c[nH]c2ccccc12. The number of aromatic amines is 1. The molecule has 1 aromatic heterocycles. The Kier molecular flexibility index (Phi) is 2.46. The molecule has 0 bridgehead atoms. The van der Waals surface area contributed by atoms with Crippen LogP contribution in [0.5, 0.6) is 0 Å². The Labute approximate surface area is 88.7 Å². The van der Waals surface area contributed by atoms with E-state index in [1.165, 1.54) is 0 Å². The van der Waals surface area contributed by atoms with E-state index in [1.807, 2.05) is 36.3 Å². The normalized spacial score (nSPS) is 10.5. The average Bonchev–Trinajstić information content (AvgIpc) is 2.59. The van der Waals surface area contributed by atoms with E-state index >= 15 is 0 Å². The molecule has 2 aromatic rings. The van der Waals surface area contributed by atoms with Gasteiger partial charge in [-0.15, -0.1) is 0 Å². The predicted molar refractivity (Wildman–Crippen MR) is 62.2 cm³/mol. The topological polar surface area (TPSA) is 36.1 Å². The molecule has 3 nitrogen and oxygen atoms in total. The summed E-state index contributed by atoms with van der Waals surface area (Å²) in [5, 5.41) is 1.15. The molecule has 15 heavy (non-hydrogen) atoms. The van der Waals surface area contributed by atoms with Gasteiger partial charge in [0.1, 0.15) is 5.78 Å². The number of benzene rings is 1. The van der Waals surface area contributed by atoms with E-state index in [1.54, 1.807) is 6.92 Å². The second kappa shape index (κ2) is 3.77. The zero-order valence-electron chi connectivity index (χ0n) is 8.95. The van der Waals surface area contributed by atoms with E-state index in [-0.39, 0.29) is 5.78 Å². The summed E-state index contributed by atoms with van der Waals surface area (Å²) in [5.41, 5.74) is 2.17. The number of nitrogens with one attached hydrogen (secondary N) is 1. The molecule has 0 fully saturated rings. The molecular weight excluding hydrogens is 188 g/mol. The highest BCUT2D eigenvalue weighted by molar-refractivity contribution is 5.94. The van der Waals surface area contributed by atoms with E-state index in [9.17, 15) is 4.79 Å². The number of fused-ring (bicyclic) bond motifs is 1. The molecule has 1 N–H and O–H groups in total. The molecule has 1 aromatic carbocycles. The molecular formula is C12H14N2O. The Bertz CT molecular complexity index is 487. The van der Waals surface area contributed by atoms with Crippen LogP contribution in [0.15, 0.2) is 30.5 Å². The molecule has 0 radical (unpaired) electrons. The van der Waals surface area contributed by atoms with Gasteiger partial charge in [0.15, 0.2) is 0 Å². The van der Waals surface area contributed by atoms with Crippen molar-refractivity contribution < 1.29 is 4.79 Å². The highest BCUT2D eigenvalue weighted by atomic mass is 16.1. The zero-order chi connectivity index (χ0) is 10.8. The van der Waals surface area contributed by atoms with Gasteiger partial charge in [0.2, 0.25) is 0 Å². The minimum absolute atomic E-state index is 0.169. The quantitative estimate of drug-likeness (QED) is 0.828. The predicted octanol–water partition coefficient (Wildman–Crippen LogP) is 2.19. The lowest BCUT2D eigenvalue weighted by Gasteiger charge is -2.15. The summed E-state index contributed by atoms with van der Waals surface area (Å²) in [7, 11) is 1.93. The Morgan fingerprint density at radius 2 is 2.13 bits per heavy atom. The highest BCUT2D eigenvalue weighted by Crippen LogP contribution is 2.25. The summed E-state index contributed by atoms with van der Waals surface area (Å²) in [6.07, 6.45) is 1.94. The van der Waals surface area contributed by atoms with E-state index in [0.29, 0.717) is 6.54 Å². The number of aromatic nitrogens is 1. The maximum absolute atomic E-state index is 11.0. The Morgan fingerprint density at radius 3 is 2.87 bits per heavy atom. The second-order valence-corrected chi connectivity index (χ2v) is 3.78. The largest absolute Gasteiger partial charge is 0.366 e. The zero-order valence-corrected chi connectivity index (χ0v) is 8.95. The van der Waals surface area contributed by atoms with Crippen LogP contribution in [-0.2, 0) is 4.79 Å². The number of rotatable bonds is 3. The van der Waals surface area contributed by atoms with Gasteiger partial charge in [-0.2, -0.15) is 0 Å². The number of anilines is 1. The molecule has 0 aliphatic carbocycles. The van der Waals surface area contributed by atoms with Crippen molar-refractivity contribution in [3.05, 3.63) is 30.5 Å². The third-order valence-electron chi connectivity index (χ3n) is 2.44. The number of nitrogens with zero attached hydrogens (tertiary/aromatic N) is 1. The molecule has 78 valence electrons. The van der Waals surface area contributed by atoms with Crippen molar-refractivity contribution in [1.82, 2.24) is 4.98 Å². The van der Waals surface area contributed by atoms with Crippen LogP contribution >= 0.6 is 0 Å². The summed E-state index contributed by atoms with van der Waals surface area (Å²) in [6, 6.07) is 8.08. The summed E-state index contributed by atoms with van der Waals surface area (Å²) < 4.78 is 0. The monoisotopic (exact) mass is 202 g/mol. The lowest BCUT2D eigenvalue weighted by Crippen LogP contribution is -2.23. The fraction of sp³-hybridized carbons (Fsp3) is 0.250. The van der Waals surface area contributed by atoms with Crippen molar-refractivity contribution in [2.45, 2.75) is 6.92 Å². The van der Waals surface area contributed by atoms with Gasteiger partial charge >= 0.3 is 0 Å². The van der Waals surface area contributed by atoms with Crippen LogP contribution in [0.3, 0.4) is 0 Å². The Morgan fingerprint density at radius 1 is 1.40 bits per heavy atom. The van der Waals surface area contributed by atoms with Gasteiger partial charge in [-0.3, -0.25) is 4.79 Å². The molecule has 0 aliphatic heterocycles. The fourth-order valence-electron chi connectivity index (χ4n) is 1.79. The molecule has 0 atom stereocenters. The van der Waals surface area contributed by atoms with E-state index < -0.39 is 0 Å². The van der Waals surface area contributed by atoms with Gasteiger partial charge < -0.3 is 9.88 Å². The smallest absolute Gasteiger partial charge is 0.149 e. The van der Waals surface area contributed by atoms with Gasteiger partial charge in [0, 0.05) is 24.1 Å². The summed E-state index contributed by atoms with van der Waals surface area (Å²) in [4.78, 5) is 16.2. The third-order valence-corrected chi connectivity index (χ3v) is 2.44. The molecule has 0 saturated heterocycles. The van der Waals surface area contributed by atoms with Gasteiger partial charge in [-0.25, -0.2) is 0 Å². The molecule has 0 spiro atoms. The number of carbonyl (C=O) groups excluding carboxylic acids is 1. The second-order valence-electron chi connectivity index (χ2n) is 3.78. The third kappa shape index (κ3) is 1.86. The number of para-hydroxylation sites is 1. The Hall–Kier alpha value is -1.77. The van der Waals surface area contributed by atoms with Crippen LogP contribution in [0, 0.1) is 0 Å². The number of Topliss-reactive ketones (excluding diaryl/α,β-unsaturated/α-hetero) is 1. The standard InChI is InChI=1S/C12H14N2O/c1-9(15)8-14(2)12-7-13-11-6-4-3-5-10(11)12/h3-7,13H,8H2,1-2H3. The molecule has 1 heterocycles. The first-order valence-corrected chi connectivity index (χ1v) is 4.95. The van der Waals surface area contributed by atoms with Gasteiger partial charge in [0.05, 0.1) is 12.2 Å². The number of hydrogen-bond acceptors (Lipinski definition) is 2. The van der Waals surface area contributed by atoms with Crippen LogP contribution in [0.2, 0.25) is 0 Å².